The summed E-state index contributed by atoms with van der Waals surface area (Å²) in [4.78, 5) is 24.4. The predicted molar refractivity (Wildman–Crippen MR) is 160 cm³/mol. The summed E-state index contributed by atoms with van der Waals surface area (Å²) in [5.41, 5.74) is 11.3. The van der Waals surface area contributed by atoms with Crippen molar-refractivity contribution in [2.45, 2.75) is 65.3 Å². The molecule has 0 aliphatic rings. The molecule has 8 nitrogen and oxygen atoms in total. The Morgan fingerprint density at radius 1 is 0.825 bits per heavy atom. The molecular weight excluding hydrogens is 502 g/mol. The third-order valence-corrected chi connectivity index (χ3v) is 6.61. The number of phenolic OH excluding ortho intramolecular Hbond substituents is 1. The zero-order chi connectivity index (χ0) is 29.1. The highest BCUT2D eigenvalue weighted by molar-refractivity contribution is 5.94. The monoisotopic (exact) mass is 543 g/mol. The number of hydrogen-bond acceptors (Lipinski definition) is 6. The lowest BCUT2D eigenvalue weighted by molar-refractivity contribution is -0.121. The van der Waals surface area contributed by atoms with Crippen molar-refractivity contribution >= 4 is 23.2 Å². The number of carbonyl (C=O) groups is 2. The van der Waals surface area contributed by atoms with Crippen molar-refractivity contribution < 1.29 is 14.7 Å². The number of nitrogens with one attached hydrogen (secondary N) is 2. The standard InChI is InChI=1S/C32H41N5O3/c1-21(2)28-18-24(19-29(22(3)4)31(28)39)6-5-7-30(38)35-20-23-8-12-26(13-9-23)36-37-27-14-10-25(11-15-27)32(40)34-17-16-33/h8-15,18-19,21-22,39H,5-7,16-17,20,33H2,1-4H3,(H,34,40)(H,35,38). The molecule has 0 unspecified atom stereocenters. The Hall–Kier alpha value is -4.04. The van der Waals surface area contributed by atoms with Crippen LogP contribution < -0.4 is 16.4 Å². The van der Waals surface area contributed by atoms with Gasteiger partial charge in [0.05, 0.1) is 11.4 Å². The molecule has 0 atom stereocenters. The minimum atomic E-state index is -0.172. The first-order chi connectivity index (χ1) is 19.2. The van der Waals surface area contributed by atoms with E-state index >= 15 is 0 Å². The Morgan fingerprint density at radius 2 is 1.38 bits per heavy atom. The molecule has 0 aliphatic carbocycles. The molecule has 0 fully saturated rings. The number of rotatable bonds is 13. The third-order valence-electron chi connectivity index (χ3n) is 6.61. The first-order valence-electron chi connectivity index (χ1n) is 13.9. The number of azo groups is 1. The van der Waals surface area contributed by atoms with Crippen molar-refractivity contribution in [1.29, 1.82) is 0 Å². The topological polar surface area (TPSA) is 129 Å². The maximum Gasteiger partial charge on any atom is 0.251 e. The molecule has 40 heavy (non-hydrogen) atoms. The Kier molecular flexibility index (Phi) is 11.4. The summed E-state index contributed by atoms with van der Waals surface area (Å²) in [5, 5.41) is 24.8. The number of nitrogens with two attached hydrogens (primary N) is 1. The van der Waals surface area contributed by atoms with Crippen LogP contribution in [-0.2, 0) is 17.8 Å². The molecule has 0 aliphatic heterocycles. The van der Waals surface area contributed by atoms with E-state index in [9.17, 15) is 14.7 Å². The van der Waals surface area contributed by atoms with E-state index in [1.165, 1.54) is 0 Å². The van der Waals surface area contributed by atoms with Crippen LogP contribution in [0.3, 0.4) is 0 Å². The van der Waals surface area contributed by atoms with Crippen LogP contribution in [0, 0.1) is 0 Å². The largest absolute Gasteiger partial charge is 0.507 e. The van der Waals surface area contributed by atoms with Gasteiger partial charge in [0.2, 0.25) is 5.91 Å². The van der Waals surface area contributed by atoms with Gasteiger partial charge in [-0.1, -0.05) is 52.0 Å². The van der Waals surface area contributed by atoms with Gasteiger partial charge >= 0.3 is 0 Å². The molecule has 5 N–H and O–H groups in total. The van der Waals surface area contributed by atoms with E-state index in [0.29, 0.717) is 48.7 Å². The van der Waals surface area contributed by atoms with Crippen LogP contribution in [0.1, 0.15) is 85.0 Å². The van der Waals surface area contributed by atoms with Crippen molar-refractivity contribution in [3.63, 3.8) is 0 Å². The third kappa shape index (κ3) is 9.02. The molecule has 3 rings (SSSR count). The van der Waals surface area contributed by atoms with Gasteiger partial charge < -0.3 is 21.5 Å². The minimum absolute atomic E-state index is 0.0101. The van der Waals surface area contributed by atoms with Crippen LogP contribution >= 0.6 is 0 Å². The number of phenols is 1. The van der Waals surface area contributed by atoms with E-state index < -0.39 is 0 Å². The van der Waals surface area contributed by atoms with Gasteiger partial charge in [-0.15, -0.1) is 0 Å². The summed E-state index contributed by atoms with van der Waals surface area (Å²) in [7, 11) is 0. The first kappa shape index (κ1) is 30.5. The minimum Gasteiger partial charge on any atom is -0.507 e. The fraction of sp³-hybridized carbons (Fsp3) is 0.375. The molecule has 0 spiro atoms. The van der Waals surface area contributed by atoms with Crippen molar-refractivity contribution in [2.24, 2.45) is 16.0 Å². The number of aryl methyl sites for hydroxylation is 1. The highest BCUT2D eigenvalue weighted by atomic mass is 16.3. The Morgan fingerprint density at radius 3 is 1.90 bits per heavy atom. The highest BCUT2D eigenvalue weighted by Gasteiger charge is 2.15. The second-order valence-electron chi connectivity index (χ2n) is 10.5. The molecule has 0 bridgehead atoms. The number of hydrogen-bond donors (Lipinski definition) is 4. The lowest BCUT2D eigenvalue weighted by Gasteiger charge is -2.17. The van der Waals surface area contributed by atoms with Gasteiger partial charge in [0.25, 0.3) is 5.91 Å². The number of carbonyl (C=O) groups excluding carboxylic acids is 2. The van der Waals surface area contributed by atoms with E-state index in [-0.39, 0.29) is 23.7 Å². The Labute approximate surface area is 237 Å². The fourth-order valence-electron chi connectivity index (χ4n) is 4.27. The number of nitrogens with zero attached hydrogens (tertiary/aromatic N) is 2. The molecule has 2 amide bonds. The van der Waals surface area contributed by atoms with Crippen LogP contribution in [0.5, 0.6) is 5.75 Å². The molecule has 0 aromatic heterocycles. The van der Waals surface area contributed by atoms with Crippen LogP contribution in [-0.4, -0.2) is 30.0 Å². The first-order valence-corrected chi connectivity index (χ1v) is 13.9. The average Bonchev–Trinajstić information content (AvgIpc) is 2.94. The second-order valence-corrected chi connectivity index (χ2v) is 10.5. The van der Waals surface area contributed by atoms with Gasteiger partial charge in [0.15, 0.2) is 0 Å². The summed E-state index contributed by atoms with van der Waals surface area (Å²) >= 11 is 0. The van der Waals surface area contributed by atoms with E-state index in [1.807, 2.05) is 24.3 Å². The van der Waals surface area contributed by atoms with Gasteiger partial charge in [-0.25, -0.2) is 0 Å². The molecule has 3 aromatic carbocycles. The lowest BCUT2D eigenvalue weighted by atomic mass is 9.90. The van der Waals surface area contributed by atoms with Crippen molar-refractivity contribution in [1.82, 2.24) is 10.6 Å². The average molecular weight is 544 g/mol. The van der Waals surface area contributed by atoms with Crippen molar-refractivity contribution in [3.05, 3.63) is 88.5 Å². The number of benzene rings is 3. The van der Waals surface area contributed by atoms with E-state index in [4.69, 9.17) is 5.73 Å². The van der Waals surface area contributed by atoms with Crippen LogP contribution in [0.25, 0.3) is 0 Å². The molecule has 0 radical (unpaired) electrons. The summed E-state index contributed by atoms with van der Waals surface area (Å²) in [6.07, 6.45) is 1.97. The zero-order valence-electron chi connectivity index (χ0n) is 23.9. The lowest BCUT2D eigenvalue weighted by Crippen LogP contribution is -2.28. The number of amides is 2. The smallest absolute Gasteiger partial charge is 0.251 e. The van der Waals surface area contributed by atoms with Crippen molar-refractivity contribution in [3.8, 4) is 5.75 Å². The summed E-state index contributed by atoms with van der Waals surface area (Å²) < 4.78 is 0. The maximum atomic E-state index is 12.4. The Bertz CT molecular complexity index is 1270. The molecular formula is C32H41N5O3. The van der Waals surface area contributed by atoms with Crippen LogP contribution in [0.15, 0.2) is 70.9 Å². The highest BCUT2D eigenvalue weighted by Crippen LogP contribution is 2.35. The maximum absolute atomic E-state index is 12.4. The van der Waals surface area contributed by atoms with Gasteiger partial charge in [-0.05, 0) is 83.3 Å². The summed E-state index contributed by atoms with van der Waals surface area (Å²) in [6, 6.07) is 18.5. The SMILES string of the molecule is CC(C)c1cc(CCCC(=O)NCc2ccc(N=Nc3ccc(C(=O)NCCN)cc3)cc2)cc(C(C)C)c1O. The fourth-order valence-corrected chi connectivity index (χ4v) is 4.27. The van der Waals surface area contributed by atoms with E-state index in [2.05, 4.69) is 60.7 Å². The predicted octanol–water partition coefficient (Wildman–Crippen LogP) is 6.38. The summed E-state index contributed by atoms with van der Waals surface area (Å²) in [6.45, 7) is 9.59. The molecule has 0 saturated heterocycles. The molecule has 3 aromatic rings. The van der Waals surface area contributed by atoms with Gasteiger partial charge in [0.1, 0.15) is 5.75 Å². The molecule has 0 saturated carbocycles. The second kappa shape index (κ2) is 14.9. The van der Waals surface area contributed by atoms with Crippen molar-refractivity contribution in [2.75, 3.05) is 13.1 Å². The normalized spacial score (nSPS) is 11.4. The summed E-state index contributed by atoms with van der Waals surface area (Å²) in [5.74, 6) is 0.714. The van der Waals surface area contributed by atoms with E-state index in [0.717, 1.165) is 35.1 Å². The molecule has 212 valence electrons. The zero-order valence-corrected chi connectivity index (χ0v) is 23.9. The molecule has 8 heteroatoms. The Balaban J connectivity index is 1.45. The van der Waals surface area contributed by atoms with Crippen LogP contribution in [0.2, 0.25) is 0 Å². The quantitative estimate of drug-likeness (QED) is 0.186. The van der Waals surface area contributed by atoms with Gasteiger partial charge in [-0.2, -0.15) is 10.2 Å². The number of aromatic hydroxyl groups is 1. The van der Waals surface area contributed by atoms with Gasteiger partial charge in [-0.3, -0.25) is 9.59 Å². The van der Waals surface area contributed by atoms with E-state index in [1.54, 1.807) is 24.3 Å². The van der Waals surface area contributed by atoms with Gasteiger partial charge in [0, 0.05) is 31.6 Å². The molecule has 0 heterocycles. The van der Waals surface area contributed by atoms with Crippen LogP contribution in [0.4, 0.5) is 11.4 Å².